The van der Waals surface area contributed by atoms with Crippen molar-refractivity contribution in [1.82, 2.24) is 0 Å². The van der Waals surface area contributed by atoms with Gasteiger partial charge in [0, 0.05) is 6.54 Å². The molecule has 0 saturated heterocycles. The average molecular weight is 238 g/mol. The number of nitrogens with two attached hydrogens (primary N) is 1. The molecule has 0 aliphatic heterocycles. The minimum atomic E-state index is -0.630. The van der Waals surface area contributed by atoms with Crippen molar-refractivity contribution in [3.05, 3.63) is 23.5 Å². The largest absolute Gasteiger partial charge is 0.397 e. The van der Waals surface area contributed by atoms with E-state index in [0.29, 0.717) is 23.5 Å². The van der Waals surface area contributed by atoms with Crippen molar-refractivity contribution in [3.63, 3.8) is 0 Å². The second kappa shape index (κ2) is 4.53. The second-order valence-corrected chi connectivity index (χ2v) is 4.97. The van der Waals surface area contributed by atoms with Crippen molar-refractivity contribution >= 4 is 11.4 Å². The highest BCUT2D eigenvalue weighted by Gasteiger charge is 2.30. The topological polar surface area (TPSA) is 58.3 Å². The lowest BCUT2D eigenvalue weighted by atomic mass is 10.0. The molecule has 0 aromatic heterocycles. The number of hydrogen-bond acceptors (Lipinski definition) is 3. The molecule has 1 aliphatic carbocycles. The Bertz CT molecular complexity index is 414. The fourth-order valence-electron chi connectivity index (χ4n) is 2.32. The molecule has 0 atom stereocenters. The minimum absolute atomic E-state index is 0.298. The van der Waals surface area contributed by atoms with Crippen molar-refractivity contribution in [2.24, 2.45) is 0 Å². The van der Waals surface area contributed by atoms with Crippen LogP contribution in [0.5, 0.6) is 0 Å². The van der Waals surface area contributed by atoms with Crippen LogP contribution in [0.15, 0.2) is 12.1 Å². The number of anilines is 2. The third-order valence-corrected chi connectivity index (χ3v) is 3.47. The third kappa shape index (κ3) is 2.69. The highest BCUT2D eigenvalue weighted by Crippen LogP contribution is 2.30. The maximum Gasteiger partial charge on any atom is 0.128 e. The van der Waals surface area contributed by atoms with Crippen LogP contribution in [0, 0.1) is 12.7 Å². The molecule has 94 valence electrons. The molecular formula is C13H19FN2O. The van der Waals surface area contributed by atoms with Gasteiger partial charge in [0.05, 0.1) is 17.0 Å². The Kier molecular flexibility index (Phi) is 3.24. The smallest absolute Gasteiger partial charge is 0.128 e. The van der Waals surface area contributed by atoms with Crippen LogP contribution in [0.1, 0.15) is 31.2 Å². The Morgan fingerprint density at radius 2 is 2.06 bits per heavy atom. The van der Waals surface area contributed by atoms with E-state index in [2.05, 4.69) is 5.32 Å². The predicted molar refractivity (Wildman–Crippen MR) is 67.5 cm³/mol. The molecule has 4 N–H and O–H groups in total. The van der Waals surface area contributed by atoms with E-state index < -0.39 is 5.60 Å². The standard InChI is InChI=1S/C13H19FN2O/c1-9-6-12(11(15)7-10(9)14)16-8-13(17)4-2-3-5-13/h6-7,16-17H,2-5,8,15H2,1H3. The maximum absolute atomic E-state index is 13.2. The molecule has 4 heteroatoms. The number of nitrogen functional groups attached to an aromatic ring is 1. The lowest BCUT2D eigenvalue weighted by molar-refractivity contribution is 0.0615. The summed E-state index contributed by atoms with van der Waals surface area (Å²) in [6, 6.07) is 3.00. The van der Waals surface area contributed by atoms with Crippen LogP contribution in [-0.2, 0) is 0 Å². The van der Waals surface area contributed by atoms with E-state index in [1.165, 1.54) is 6.07 Å². The fourth-order valence-corrected chi connectivity index (χ4v) is 2.32. The van der Waals surface area contributed by atoms with Crippen LogP contribution >= 0.6 is 0 Å². The van der Waals surface area contributed by atoms with E-state index in [1.807, 2.05) is 0 Å². The molecule has 0 amide bonds. The molecule has 0 radical (unpaired) electrons. The molecule has 1 aliphatic rings. The van der Waals surface area contributed by atoms with Gasteiger partial charge in [0.25, 0.3) is 0 Å². The Morgan fingerprint density at radius 3 is 2.71 bits per heavy atom. The Balaban J connectivity index is 2.06. The number of rotatable bonds is 3. The van der Waals surface area contributed by atoms with Crippen molar-refractivity contribution < 1.29 is 9.50 Å². The summed E-state index contributed by atoms with van der Waals surface area (Å²) < 4.78 is 13.2. The monoisotopic (exact) mass is 238 g/mol. The van der Waals surface area contributed by atoms with Gasteiger partial charge in [-0.3, -0.25) is 0 Å². The van der Waals surface area contributed by atoms with Crippen LogP contribution in [-0.4, -0.2) is 17.3 Å². The lowest BCUT2D eigenvalue weighted by Gasteiger charge is -2.23. The van der Waals surface area contributed by atoms with Crippen molar-refractivity contribution in [2.45, 2.75) is 38.2 Å². The van der Waals surface area contributed by atoms with Gasteiger partial charge in [0.15, 0.2) is 0 Å². The van der Waals surface area contributed by atoms with Crippen LogP contribution in [0.25, 0.3) is 0 Å². The first-order valence-corrected chi connectivity index (χ1v) is 6.02. The normalized spacial score (nSPS) is 18.3. The Morgan fingerprint density at radius 1 is 1.41 bits per heavy atom. The maximum atomic E-state index is 13.2. The summed E-state index contributed by atoms with van der Waals surface area (Å²) in [4.78, 5) is 0. The molecule has 0 bridgehead atoms. The van der Waals surface area contributed by atoms with Crippen molar-refractivity contribution in [2.75, 3.05) is 17.6 Å². The van der Waals surface area contributed by atoms with Crippen molar-refractivity contribution in [1.29, 1.82) is 0 Å². The zero-order valence-electron chi connectivity index (χ0n) is 10.1. The van der Waals surface area contributed by atoms with E-state index in [9.17, 15) is 9.50 Å². The summed E-state index contributed by atoms with van der Waals surface area (Å²) in [7, 11) is 0. The molecular weight excluding hydrogens is 219 g/mol. The summed E-state index contributed by atoms with van der Waals surface area (Å²) >= 11 is 0. The number of hydrogen-bond donors (Lipinski definition) is 3. The van der Waals surface area contributed by atoms with Gasteiger partial charge in [-0.1, -0.05) is 12.8 Å². The third-order valence-electron chi connectivity index (χ3n) is 3.47. The zero-order valence-corrected chi connectivity index (χ0v) is 10.1. The summed E-state index contributed by atoms with van der Waals surface area (Å²) in [5.41, 5.74) is 6.74. The second-order valence-electron chi connectivity index (χ2n) is 4.97. The Hall–Kier alpha value is -1.29. The van der Waals surface area contributed by atoms with E-state index >= 15 is 0 Å². The summed E-state index contributed by atoms with van der Waals surface area (Å²) in [5, 5.41) is 13.3. The average Bonchev–Trinajstić information content (AvgIpc) is 2.69. The SMILES string of the molecule is Cc1cc(NCC2(O)CCCC2)c(N)cc1F. The number of benzene rings is 1. The minimum Gasteiger partial charge on any atom is -0.397 e. The molecule has 1 saturated carbocycles. The lowest BCUT2D eigenvalue weighted by Crippen LogP contribution is -2.33. The molecule has 0 unspecified atom stereocenters. The number of nitrogens with one attached hydrogen (secondary N) is 1. The molecule has 1 fully saturated rings. The molecule has 0 heterocycles. The van der Waals surface area contributed by atoms with Gasteiger partial charge in [-0.25, -0.2) is 4.39 Å². The van der Waals surface area contributed by atoms with Gasteiger partial charge in [-0.05, 0) is 37.5 Å². The van der Waals surface area contributed by atoms with Crippen LogP contribution in [0.4, 0.5) is 15.8 Å². The van der Waals surface area contributed by atoms with E-state index in [0.717, 1.165) is 25.7 Å². The number of aryl methyl sites for hydroxylation is 1. The van der Waals surface area contributed by atoms with Gasteiger partial charge < -0.3 is 16.2 Å². The highest BCUT2D eigenvalue weighted by molar-refractivity contribution is 5.67. The molecule has 0 spiro atoms. The molecule has 1 aromatic carbocycles. The van der Waals surface area contributed by atoms with Crippen molar-refractivity contribution in [3.8, 4) is 0 Å². The Labute approximate surface area is 101 Å². The van der Waals surface area contributed by atoms with Gasteiger partial charge in [-0.2, -0.15) is 0 Å². The quantitative estimate of drug-likeness (QED) is 0.709. The molecule has 2 rings (SSSR count). The van der Waals surface area contributed by atoms with Crippen LogP contribution in [0.3, 0.4) is 0 Å². The molecule has 1 aromatic rings. The number of aliphatic hydroxyl groups is 1. The van der Waals surface area contributed by atoms with E-state index in [-0.39, 0.29) is 5.82 Å². The highest BCUT2D eigenvalue weighted by atomic mass is 19.1. The fraction of sp³-hybridized carbons (Fsp3) is 0.538. The zero-order chi connectivity index (χ0) is 12.5. The van der Waals surface area contributed by atoms with Gasteiger partial charge >= 0.3 is 0 Å². The van der Waals surface area contributed by atoms with Crippen LogP contribution in [0.2, 0.25) is 0 Å². The van der Waals surface area contributed by atoms with E-state index in [1.54, 1.807) is 13.0 Å². The van der Waals surface area contributed by atoms with Gasteiger partial charge in [0.2, 0.25) is 0 Å². The molecule has 17 heavy (non-hydrogen) atoms. The summed E-state index contributed by atoms with van der Waals surface area (Å²) in [5.74, 6) is -0.298. The molecule has 3 nitrogen and oxygen atoms in total. The number of halogens is 1. The predicted octanol–water partition coefficient (Wildman–Crippen LogP) is 2.43. The summed E-state index contributed by atoms with van der Waals surface area (Å²) in [6.07, 6.45) is 3.77. The van der Waals surface area contributed by atoms with E-state index in [4.69, 9.17) is 5.73 Å². The first-order chi connectivity index (χ1) is 8.00. The first kappa shape index (κ1) is 12.2. The first-order valence-electron chi connectivity index (χ1n) is 6.02. The van der Waals surface area contributed by atoms with Gasteiger partial charge in [0.1, 0.15) is 5.82 Å². The summed E-state index contributed by atoms with van der Waals surface area (Å²) in [6.45, 7) is 2.17. The van der Waals surface area contributed by atoms with Crippen LogP contribution < -0.4 is 11.1 Å². The van der Waals surface area contributed by atoms with Gasteiger partial charge in [-0.15, -0.1) is 0 Å².